The SMILES string of the molecule is CC.CC.[CH3-].[Ir].[c-]1ccccc1-c1ccccn1. The summed E-state index contributed by atoms with van der Waals surface area (Å²) in [5, 5.41) is 0. The molecule has 1 nitrogen and oxygen atoms in total. The third-order valence-electron chi connectivity index (χ3n) is 1.65. The molecule has 0 aliphatic heterocycles. The maximum Gasteiger partial charge on any atom is 0.0160 e. The van der Waals surface area contributed by atoms with Gasteiger partial charge in [0, 0.05) is 26.3 Å². The molecule has 0 atom stereocenters. The summed E-state index contributed by atoms with van der Waals surface area (Å²) in [6.07, 6.45) is 1.79. The fourth-order valence-electron chi connectivity index (χ4n) is 1.07. The summed E-state index contributed by atoms with van der Waals surface area (Å²) in [4.78, 5) is 4.22. The van der Waals surface area contributed by atoms with Crippen molar-refractivity contribution in [2.75, 3.05) is 0 Å². The summed E-state index contributed by atoms with van der Waals surface area (Å²) in [5.41, 5.74) is 2.01. The van der Waals surface area contributed by atoms with E-state index in [9.17, 15) is 0 Å². The Morgan fingerprint density at radius 3 is 1.94 bits per heavy atom. The van der Waals surface area contributed by atoms with Crippen molar-refractivity contribution in [1.82, 2.24) is 4.98 Å². The van der Waals surface area contributed by atoms with Gasteiger partial charge in [0.25, 0.3) is 0 Å². The van der Waals surface area contributed by atoms with Crippen LogP contribution in [0, 0.1) is 13.5 Å². The van der Waals surface area contributed by atoms with E-state index in [4.69, 9.17) is 0 Å². The van der Waals surface area contributed by atoms with Gasteiger partial charge in [-0.1, -0.05) is 39.8 Å². The van der Waals surface area contributed by atoms with E-state index in [1.165, 1.54) is 0 Å². The van der Waals surface area contributed by atoms with E-state index in [1.54, 1.807) is 6.20 Å². The van der Waals surface area contributed by atoms with Crippen LogP contribution in [-0.4, -0.2) is 4.98 Å². The Morgan fingerprint density at radius 1 is 0.889 bits per heavy atom. The quantitative estimate of drug-likeness (QED) is 0.587. The summed E-state index contributed by atoms with van der Waals surface area (Å²) >= 11 is 0. The molecule has 2 aromatic rings. The van der Waals surface area contributed by atoms with Crippen LogP contribution in [0.3, 0.4) is 0 Å². The Morgan fingerprint density at radius 2 is 1.50 bits per heavy atom. The predicted octanol–water partition coefficient (Wildman–Crippen LogP) is 5.05. The van der Waals surface area contributed by atoms with Crippen molar-refractivity contribution in [3.63, 3.8) is 0 Å². The Balaban J connectivity index is -0.000000344. The van der Waals surface area contributed by atoms with E-state index < -0.39 is 0 Å². The van der Waals surface area contributed by atoms with Crippen molar-refractivity contribution in [2.45, 2.75) is 27.7 Å². The molecule has 0 spiro atoms. The van der Waals surface area contributed by atoms with Gasteiger partial charge in [-0.05, 0) is 11.8 Å². The van der Waals surface area contributed by atoms with E-state index in [0.717, 1.165) is 11.3 Å². The Hall–Kier alpha value is -0.981. The molecule has 2 heteroatoms. The summed E-state index contributed by atoms with van der Waals surface area (Å²) in [5.74, 6) is 0. The van der Waals surface area contributed by atoms with Gasteiger partial charge >= 0.3 is 0 Å². The standard InChI is InChI=1S/C11H8N.2C2H6.CH3.Ir/c1-2-6-10(7-3-1)11-8-4-5-9-12-11;2*1-2;;/h1-6,8-9H;2*1-2H3;1H3;/q-1;;;-1;. The topological polar surface area (TPSA) is 12.9 Å². The van der Waals surface area contributed by atoms with Gasteiger partial charge in [0.05, 0.1) is 0 Å². The average Bonchev–Trinajstić information content (AvgIpc) is 2.45. The Kier molecular flexibility index (Phi) is 19.8. The van der Waals surface area contributed by atoms with Gasteiger partial charge in [-0.25, -0.2) is 0 Å². The molecule has 0 N–H and O–H groups in total. The van der Waals surface area contributed by atoms with Gasteiger partial charge in [-0.2, -0.15) is 0 Å². The zero-order chi connectivity index (χ0) is 12.2. The van der Waals surface area contributed by atoms with Crippen molar-refractivity contribution in [2.24, 2.45) is 0 Å². The number of hydrogen-bond donors (Lipinski definition) is 0. The zero-order valence-electron chi connectivity index (χ0n) is 11.9. The molecule has 0 amide bonds. The molecule has 103 valence electrons. The van der Waals surface area contributed by atoms with Gasteiger partial charge in [0.2, 0.25) is 0 Å². The third-order valence-corrected chi connectivity index (χ3v) is 1.65. The molecular weight excluding hydrogens is 398 g/mol. The molecule has 1 radical (unpaired) electrons. The van der Waals surface area contributed by atoms with E-state index >= 15 is 0 Å². The van der Waals surface area contributed by atoms with Crippen LogP contribution < -0.4 is 0 Å². The molecule has 1 aromatic heterocycles. The molecule has 0 fully saturated rings. The molecule has 0 saturated heterocycles. The first kappa shape index (κ1) is 22.2. The first-order valence-corrected chi connectivity index (χ1v) is 5.85. The second-order valence-electron chi connectivity index (χ2n) is 2.49. The molecule has 1 aromatic carbocycles. The van der Waals surface area contributed by atoms with E-state index in [2.05, 4.69) is 11.1 Å². The van der Waals surface area contributed by atoms with Crippen molar-refractivity contribution >= 4 is 0 Å². The van der Waals surface area contributed by atoms with Crippen molar-refractivity contribution < 1.29 is 20.1 Å². The van der Waals surface area contributed by atoms with Crippen LogP contribution in [-0.2, 0) is 20.1 Å². The monoisotopic (exact) mass is 422 g/mol. The molecule has 0 aliphatic rings. The number of pyridine rings is 1. The minimum atomic E-state index is 0. The maximum atomic E-state index is 4.22. The minimum Gasteiger partial charge on any atom is -0.358 e. The van der Waals surface area contributed by atoms with Crippen molar-refractivity contribution in [3.05, 3.63) is 62.2 Å². The predicted molar refractivity (Wildman–Crippen MR) is 77.6 cm³/mol. The van der Waals surface area contributed by atoms with Crippen LogP contribution in [0.15, 0.2) is 48.7 Å². The van der Waals surface area contributed by atoms with Crippen LogP contribution in [0.4, 0.5) is 0 Å². The van der Waals surface area contributed by atoms with E-state index in [-0.39, 0.29) is 27.5 Å². The van der Waals surface area contributed by atoms with Gasteiger partial charge in [0.15, 0.2) is 0 Å². The Labute approximate surface area is 126 Å². The molecule has 1 heterocycles. The maximum absolute atomic E-state index is 4.22. The van der Waals surface area contributed by atoms with E-state index in [1.807, 2.05) is 70.2 Å². The first-order chi connectivity index (χ1) is 7.97. The summed E-state index contributed by atoms with van der Waals surface area (Å²) in [6, 6.07) is 16.8. The Bertz CT molecular complexity index is 308. The zero-order valence-corrected chi connectivity index (χ0v) is 14.3. The second-order valence-corrected chi connectivity index (χ2v) is 2.49. The van der Waals surface area contributed by atoms with Crippen LogP contribution in [0.25, 0.3) is 11.3 Å². The van der Waals surface area contributed by atoms with Crippen LogP contribution >= 0.6 is 0 Å². The van der Waals surface area contributed by atoms with Crippen molar-refractivity contribution in [3.8, 4) is 11.3 Å². The number of benzene rings is 1. The largest absolute Gasteiger partial charge is 0.358 e. The van der Waals surface area contributed by atoms with Crippen LogP contribution in [0.5, 0.6) is 0 Å². The van der Waals surface area contributed by atoms with Crippen LogP contribution in [0.2, 0.25) is 0 Å². The second kappa shape index (κ2) is 16.0. The number of aromatic nitrogens is 1. The van der Waals surface area contributed by atoms with Gasteiger partial charge in [0.1, 0.15) is 0 Å². The number of nitrogens with zero attached hydrogens (tertiary/aromatic N) is 1. The van der Waals surface area contributed by atoms with Crippen molar-refractivity contribution in [1.29, 1.82) is 0 Å². The van der Waals surface area contributed by atoms with Crippen LogP contribution in [0.1, 0.15) is 27.7 Å². The normalized spacial score (nSPS) is 7.11. The fraction of sp³-hybridized carbons (Fsp3) is 0.250. The third kappa shape index (κ3) is 8.16. The summed E-state index contributed by atoms with van der Waals surface area (Å²) < 4.78 is 0. The molecule has 2 rings (SSSR count). The average molecular weight is 422 g/mol. The molecular formula is C16H23IrN-2. The fourth-order valence-corrected chi connectivity index (χ4v) is 1.07. The molecule has 0 bridgehead atoms. The first-order valence-electron chi connectivity index (χ1n) is 5.85. The van der Waals surface area contributed by atoms with Gasteiger partial charge in [-0.15, -0.1) is 35.9 Å². The summed E-state index contributed by atoms with van der Waals surface area (Å²) in [6.45, 7) is 8.00. The summed E-state index contributed by atoms with van der Waals surface area (Å²) in [7, 11) is 0. The minimum absolute atomic E-state index is 0. The van der Waals surface area contributed by atoms with Gasteiger partial charge < -0.3 is 12.4 Å². The smallest absolute Gasteiger partial charge is 0.0160 e. The number of rotatable bonds is 1. The van der Waals surface area contributed by atoms with E-state index in [0.29, 0.717) is 0 Å². The number of hydrogen-bond acceptors (Lipinski definition) is 1. The molecule has 18 heavy (non-hydrogen) atoms. The molecule has 0 saturated carbocycles. The van der Waals surface area contributed by atoms with Gasteiger partial charge in [-0.3, -0.25) is 0 Å². The molecule has 0 unspecified atom stereocenters. The molecule has 0 aliphatic carbocycles.